The highest BCUT2D eigenvalue weighted by Crippen LogP contribution is 2.31. The molecule has 2 unspecified atom stereocenters. The average molecular weight is 296 g/mol. The zero-order valence-electron chi connectivity index (χ0n) is 12.5. The highest BCUT2D eigenvalue weighted by atomic mass is 16.3. The summed E-state index contributed by atoms with van der Waals surface area (Å²) in [7, 11) is 0. The van der Waals surface area contributed by atoms with Crippen molar-refractivity contribution in [3.05, 3.63) is 65.2 Å². The third kappa shape index (κ3) is 3.18. The summed E-state index contributed by atoms with van der Waals surface area (Å²) in [5.41, 5.74) is 4.31. The number of carbonyl (C=O) groups excluding carboxylic acids is 1. The molecule has 2 aromatic rings. The van der Waals surface area contributed by atoms with E-state index in [-0.39, 0.29) is 18.1 Å². The largest absolute Gasteiger partial charge is 0.391 e. The number of hydrogen-bond donors (Lipinski definition) is 3. The first kappa shape index (κ1) is 14.8. The fourth-order valence-electron chi connectivity index (χ4n) is 2.96. The minimum atomic E-state index is -0.379. The molecule has 0 saturated carbocycles. The second-order valence-corrected chi connectivity index (χ2v) is 5.71. The van der Waals surface area contributed by atoms with Gasteiger partial charge in [-0.15, -0.1) is 0 Å². The van der Waals surface area contributed by atoms with Gasteiger partial charge >= 0.3 is 0 Å². The van der Waals surface area contributed by atoms with Crippen LogP contribution in [0.15, 0.2) is 48.5 Å². The second-order valence-electron chi connectivity index (χ2n) is 5.71. The number of aliphatic hydroxyl groups excluding tert-OH is 1. The molecule has 4 nitrogen and oxygen atoms in total. The normalized spacial score (nSPS) is 19.7. The van der Waals surface area contributed by atoms with Crippen molar-refractivity contribution in [3.8, 4) is 0 Å². The Hall–Kier alpha value is -2.17. The smallest absolute Gasteiger partial charge is 0.221 e. The SMILES string of the molecule is CC(=O)Nc1ccc(CNC2c3ccccc3CC2O)cc1. The fourth-order valence-corrected chi connectivity index (χ4v) is 2.96. The van der Waals surface area contributed by atoms with Gasteiger partial charge in [-0.25, -0.2) is 0 Å². The summed E-state index contributed by atoms with van der Waals surface area (Å²) in [4.78, 5) is 11.0. The van der Waals surface area contributed by atoms with Crippen LogP contribution in [0.25, 0.3) is 0 Å². The van der Waals surface area contributed by atoms with Crippen LogP contribution in [-0.4, -0.2) is 17.1 Å². The molecule has 0 fully saturated rings. The van der Waals surface area contributed by atoms with Crippen LogP contribution < -0.4 is 10.6 Å². The molecule has 0 radical (unpaired) electrons. The number of hydrogen-bond acceptors (Lipinski definition) is 3. The Kier molecular flexibility index (Phi) is 4.22. The van der Waals surface area contributed by atoms with Crippen LogP contribution in [-0.2, 0) is 17.8 Å². The van der Waals surface area contributed by atoms with Crippen molar-refractivity contribution in [1.29, 1.82) is 0 Å². The molecule has 3 N–H and O–H groups in total. The zero-order valence-corrected chi connectivity index (χ0v) is 12.5. The minimum absolute atomic E-state index is 0.0220. The summed E-state index contributed by atoms with van der Waals surface area (Å²) in [6.45, 7) is 2.17. The Morgan fingerprint density at radius 2 is 1.91 bits per heavy atom. The van der Waals surface area contributed by atoms with Gasteiger partial charge in [0, 0.05) is 25.6 Å². The van der Waals surface area contributed by atoms with Gasteiger partial charge in [0.2, 0.25) is 5.91 Å². The summed E-state index contributed by atoms with van der Waals surface area (Å²) in [6, 6.07) is 15.9. The van der Waals surface area contributed by atoms with Gasteiger partial charge in [0.15, 0.2) is 0 Å². The van der Waals surface area contributed by atoms with Gasteiger partial charge in [0.1, 0.15) is 0 Å². The predicted octanol–water partition coefficient (Wildman–Crippen LogP) is 2.39. The van der Waals surface area contributed by atoms with Crippen LogP contribution in [0.2, 0.25) is 0 Å². The van der Waals surface area contributed by atoms with Gasteiger partial charge in [-0.1, -0.05) is 36.4 Å². The molecule has 1 aliphatic carbocycles. The van der Waals surface area contributed by atoms with Crippen molar-refractivity contribution in [1.82, 2.24) is 5.32 Å². The van der Waals surface area contributed by atoms with Gasteiger partial charge in [-0.2, -0.15) is 0 Å². The first-order valence-electron chi connectivity index (χ1n) is 7.49. The fraction of sp³-hybridized carbons (Fsp3) is 0.278. The lowest BCUT2D eigenvalue weighted by Gasteiger charge is -2.18. The van der Waals surface area contributed by atoms with E-state index in [1.54, 1.807) is 0 Å². The van der Waals surface area contributed by atoms with E-state index < -0.39 is 0 Å². The molecule has 2 aromatic carbocycles. The molecule has 0 bridgehead atoms. The summed E-state index contributed by atoms with van der Waals surface area (Å²) in [6.07, 6.45) is 0.325. The number of nitrogens with one attached hydrogen (secondary N) is 2. The van der Waals surface area contributed by atoms with Gasteiger partial charge in [0.25, 0.3) is 0 Å². The number of aliphatic hydroxyl groups is 1. The van der Waals surface area contributed by atoms with Crippen molar-refractivity contribution in [2.45, 2.75) is 32.0 Å². The van der Waals surface area contributed by atoms with Crippen LogP contribution in [0.3, 0.4) is 0 Å². The lowest BCUT2D eigenvalue weighted by molar-refractivity contribution is -0.114. The number of benzene rings is 2. The third-order valence-electron chi connectivity index (χ3n) is 4.00. The quantitative estimate of drug-likeness (QED) is 0.812. The van der Waals surface area contributed by atoms with Crippen LogP contribution in [0, 0.1) is 0 Å². The Morgan fingerprint density at radius 1 is 1.18 bits per heavy atom. The van der Waals surface area contributed by atoms with E-state index in [1.165, 1.54) is 18.1 Å². The van der Waals surface area contributed by atoms with Crippen molar-refractivity contribution in [3.63, 3.8) is 0 Å². The first-order valence-corrected chi connectivity index (χ1v) is 7.49. The number of carbonyl (C=O) groups is 1. The molecular formula is C18H20N2O2. The van der Waals surface area contributed by atoms with Gasteiger partial charge in [-0.05, 0) is 28.8 Å². The Morgan fingerprint density at radius 3 is 2.64 bits per heavy atom. The molecule has 4 heteroatoms. The molecule has 114 valence electrons. The minimum Gasteiger partial charge on any atom is -0.391 e. The third-order valence-corrected chi connectivity index (χ3v) is 4.00. The first-order chi connectivity index (χ1) is 10.6. The topological polar surface area (TPSA) is 61.4 Å². The van der Waals surface area contributed by atoms with Gasteiger partial charge in [0.05, 0.1) is 12.1 Å². The maximum Gasteiger partial charge on any atom is 0.221 e. The summed E-state index contributed by atoms with van der Waals surface area (Å²) < 4.78 is 0. The highest BCUT2D eigenvalue weighted by molar-refractivity contribution is 5.88. The maximum absolute atomic E-state index is 11.0. The number of rotatable bonds is 4. The lowest BCUT2D eigenvalue weighted by Crippen LogP contribution is -2.28. The predicted molar refractivity (Wildman–Crippen MR) is 86.5 cm³/mol. The van der Waals surface area contributed by atoms with Crippen LogP contribution in [0.4, 0.5) is 5.69 Å². The lowest BCUT2D eigenvalue weighted by atomic mass is 10.1. The molecule has 1 amide bonds. The summed E-state index contributed by atoms with van der Waals surface area (Å²) in [5, 5.41) is 16.4. The van der Waals surface area contributed by atoms with Crippen LogP contribution in [0.5, 0.6) is 0 Å². The monoisotopic (exact) mass is 296 g/mol. The molecule has 3 rings (SSSR count). The maximum atomic E-state index is 11.0. The highest BCUT2D eigenvalue weighted by Gasteiger charge is 2.29. The zero-order chi connectivity index (χ0) is 15.5. The molecule has 1 aliphatic rings. The molecular weight excluding hydrogens is 276 g/mol. The molecule has 22 heavy (non-hydrogen) atoms. The van der Waals surface area contributed by atoms with Crippen molar-refractivity contribution >= 4 is 11.6 Å². The Labute approximate surface area is 130 Å². The number of anilines is 1. The summed E-state index contributed by atoms with van der Waals surface area (Å²) in [5.74, 6) is -0.0726. The molecule has 0 spiro atoms. The van der Waals surface area contributed by atoms with E-state index in [4.69, 9.17) is 0 Å². The van der Waals surface area contributed by atoms with Crippen molar-refractivity contribution in [2.75, 3.05) is 5.32 Å². The van der Waals surface area contributed by atoms with E-state index in [2.05, 4.69) is 22.8 Å². The summed E-state index contributed by atoms with van der Waals surface area (Å²) >= 11 is 0. The van der Waals surface area contributed by atoms with E-state index >= 15 is 0 Å². The number of fused-ring (bicyclic) bond motifs is 1. The van der Waals surface area contributed by atoms with E-state index in [0.717, 1.165) is 11.3 Å². The van der Waals surface area contributed by atoms with E-state index in [1.807, 2.05) is 36.4 Å². The molecule has 2 atom stereocenters. The van der Waals surface area contributed by atoms with Crippen molar-refractivity contribution in [2.24, 2.45) is 0 Å². The van der Waals surface area contributed by atoms with E-state index in [9.17, 15) is 9.90 Å². The molecule has 0 aliphatic heterocycles. The number of amides is 1. The molecule has 0 heterocycles. The van der Waals surface area contributed by atoms with Crippen LogP contribution >= 0.6 is 0 Å². The average Bonchev–Trinajstić information content (AvgIpc) is 2.81. The molecule has 0 aromatic heterocycles. The molecule has 0 saturated heterocycles. The van der Waals surface area contributed by atoms with Crippen molar-refractivity contribution < 1.29 is 9.90 Å². The van der Waals surface area contributed by atoms with E-state index in [0.29, 0.717) is 13.0 Å². The van der Waals surface area contributed by atoms with Crippen LogP contribution in [0.1, 0.15) is 29.7 Å². The standard InChI is InChI=1S/C18H20N2O2/c1-12(21)20-15-8-6-13(7-9-15)11-19-18-16-5-3-2-4-14(16)10-17(18)22/h2-9,17-19,22H,10-11H2,1H3,(H,20,21). The second kappa shape index (κ2) is 6.30. The Bertz CT molecular complexity index is 667. The van der Waals surface area contributed by atoms with Gasteiger partial charge in [-0.3, -0.25) is 4.79 Å². The van der Waals surface area contributed by atoms with Gasteiger partial charge < -0.3 is 15.7 Å². The Balaban J connectivity index is 1.64.